The molecule has 2 rings (SSSR count). The van der Waals surface area contributed by atoms with Crippen molar-refractivity contribution in [1.82, 2.24) is 4.98 Å². The first kappa shape index (κ1) is 12.9. The number of thiocarbonyl (C=S) groups is 1. The molecule has 2 N–H and O–H groups in total. The molecule has 0 aliphatic rings. The Balaban J connectivity index is 2.03. The normalized spacial score (nSPS) is 9.89. The number of hydrogen-bond acceptors (Lipinski definition) is 2. The second-order valence-corrected chi connectivity index (χ2v) is 4.74. The number of pyridine rings is 1. The van der Waals surface area contributed by atoms with Crippen LogP contribution in [-0.2, 0) is 0 Å². The molecule has 3 nitrogen and oxygen atoms in total. The van der Waals surface area contributed by atoms with E-state index in [2.05, 4.69) is 31.5 Å². The van der Waals surface area contributed by atoms with Crippen LogP contribution in [0.4, 0.5) is 15.9 Å². The molecule has 1 aromatic heterocycles. The van der Waals surface area contributed by atoms with Gasteiger partial charge in [0, 0.05) is 10.7 Å². The van der Waals surface area contributed by atoms with Crippen LogP contribution in [0.25, 0.3) is 0 Å². The molecule has 0 atom stereocenters. The van der Waals surface area contributed by atoms with Gasteiger partial charge in [0.05, 0.1) is 5.69 Å². The first-order valence-electron chi connectivity index (χ1n) is 5.09. The average Bonchev–Trinajstić information content (AvgIpc) is 2.34. The standard InChI is InChI=1S/C12H9BrFN3S/c13-8-4-5-10(9(14)7-8)16-12(18)17-11-3-1-2-6-15-11/h1-7H,(H2,15,16,17,18). The van der Waals surface area contributed by atoms with Crippen LogP contribution in [0.5, 0.6) is 0 Å². The summed E-state index contributed by atoms with van der Waals surface area (Å²) >= 11 is 8.26. The Kier molecular flexibility index (Phi) is 4.22. The van der Waals surface area contributed by atoms with Crippen LogP contribution in [0, 0.1) is 5.82 Å². The van der Waals surface area contributed by atoms with Crippen molar-refractivity contribution in [3.8, 4) is 0 Å². The number of aromatic nitrogens is 1. The molecular formula is C12H9BrFN3S. The molecule has 92 valence electrons. The molecule has 6 heteroatoms. The average molecular weight is 326 g/mol. The summed E-state index contributed by atoms with van der Waals surface area (Å²) in [6, 6.07) is 10.1. The molecule has 1 heterocycles. The first-order valence-corrected chi connectivity index (χ1v) is 6.29. The molecule has 0 unspecified atom stereocenters. The van der Waals surface area contributed by atoms with E-state index in [9.17, 15) is 4.39 Å². The molecular weight excluding hydrogens is 317 g/mol. The highest BCUT2D eigenvalue weighted by molar-refractivity contribution is 9.10. The summed E-state index contributed by atoms with van der Waals surface area (Å²) in [6.45, 7) is 0. The van der Waals surface area contributed by atoms with Crippen molar-refractivity contribution in [3.63, 3.8) is 0 Å². The third-order valence-corrected chi connectivity index (χ3v) is 2.78. The first-order chi connectivity index (χ1) is 8.65. The highest BCUT2D eigenvalue weighted by atomic mass is 79.9. The van der Waals surface area contributed by atoms with Gasteiger partial charge in [0.2, 0.25) is 0 Å². The van der Waals surface area contributed by atoms with Gasteiger partial charge in [0.15, 0.2) is 5.11 Å². The van der Waals surface area contributed by atoms with Crippen LogP contribution < -0.4 is 10.6 Å². The lowest BCUT2D eigenvalue weighted by Crippen LogP contribution is -2.20. The highest BCUT2D eigenvalue weighted by Gasteiger charge is 2.05. The van der Waals surface area contributed by atoms with Gasteiger partial charge in [-0.15, -0.1) is 0 Å². The lowest BCUT2D eigenvalue weighted by atomic mass is 10.3. The van der Waals surface area contributed by atoms with Crippen molar-refractivity contribution in [2.24, 2.45) is 0 Å². The van der Waals surface area contributed by atoms with Crippen LogP contribution >= 0.6 is 28.1 Å². The molecule has 0 saturated carbocycles. The number of rotatable bonds is 2. The van der Waals surface area contributed by atoms with Gasteiger partial charge in [0.1, 0.15) is 11.6 Å². The zero-order valence-corrected chi connectivity index (χ0v) is 11.6. The molecule has 0 amide bonds. The molecule has 18 heavy (non-hydrogen) atoms. The van der Waals surface area contributed by atoms with Crippen LogP contribution in [0.3, 0.4) is 0 Å². The van der Waals surface area contributed by atoms with E-state index in [0.29, 0.717) is 16.0 Å². The molecule has 2 aromatic rings. The zero-order chi connectivity index (χ0) is 13.0. The molecule has 0 radical (unpaired) electrons. The lowest BCUT2D eigenvalue weighted by molar-refractivity contribution is 0.631. The zero-order valence-electron chi connectivity index (χ0n) is 9.15. The van der Waals surface area contributed by atoms with Crippen LogP contribution in [0.2, 0.25) is 0 Å². The van der Waals surface area contributed by atoms with Gasteiger partial charge in [0.25, 0.3) is 0 Å². The molecule has 1 aromatic carbocycles. The quantitative estimate of drug-likeness (QED) is 0.824. The Morgan fingerprint density at radius 3 is 2.72 bits per heavy atom. The van der Waals surface area contributed by atoms with Crippen molar-refractivity contribution in [2.75, 3.05) is 10.6 Å². The Labute approximate surface area is 118 Å². The fraction of sp³-hybridized carbons (Fsp3) is 0. The predicted octanol–water partition coefficient (Wildman–Crippen LogP) is 3.79. The third-order valence-electron chi connectivity index (χ3n) is 2.09. The molecule has 0 spiro atoms. The second kappa shape index (κ2) is 5.88. The summed E-state index contributed by atoms with van der Waals surface area (Å²) < 4.78 is 14.2. The predicted molar refractivity (Wildman–Crippen MR) is 78.2 cm³/mol. The van der Waals surface area contributed by atoms with E-state index in [1.54, 1.807) is 30.5 Å². The molecule has 0 fully saturated rings. The molecule has 0 aliphatic carbocycles. The van der Waals surface area contributed by atoms with Crippen LogP contribution in [0.15, 0.2) is 47.1 Å². The minimum Gasteiger partial charge on any atom is -0.330 e. The Morgan fingerprint density at radius 2 is 2.06 bits per heavy atom. The largest absolute Gasteiger partial charge is 0.330 e. The van der Waals surface area contributed by atoms with Crippen molar-refractivity contribution < 1.29 is 4.39 Å². The number of hydrogen-bond donors (Lipinski definition) is 2. The summed E-state index contributed by atoms with van der Waals surface area (Å²) in [5, 5.41) is 5.92. The van der Waals surface area contributed by atoms with Gasteiger partial charge < -0.3 is 10.6 Å². The fourth-order valence-corrected chi connectivity index (χ4v) is 1.85. The Morgan fingerprint density at radius 1 is 1.22 bits per heavy atom. The maximum atomic E-state index is 13.6. The summed E-state index contributed by atoms with van der Waals surface area (Å²) in [7, 11) is 0. The van der Waals surface area contributed by atoms with E-state index in [0.717, 1.165) is 0 Å². The summed E-state index contributed by atoms with van der Waals surface area (Å²) in [5.74, 6) is 0.224. The summed E-state index contributed by atoms with van der Waals surface area (Å²) in [6.07, 6.45) is 1.64. The van der Waals surface area contributed by atoms with E-state index >= 15 is 0 Å². The van der Waals surface area contributed by atoms with Gasteiger partial charge in [-0.1, -0.05) is 22.0 Å². The van der Waals surface area contributed by atoms with Gasteiger partial charge in [-0.3, -0.25) is 0 Å². The summed E-state index contributed by atoms with van der Waals surface area (Å²) in [5.41, 5.74) is 0.312. The van der Waals surface area contributed by atoms with Crippen molar-refractivity contribution >= 4 is 44.8 Å². The van der Waals surface area contributed by atoms with Crippen LogP contribution in [0.1, 0.15) is 0 Å². The van der Waals surface area contributed by atoms with E-state index in [1.165, 1.54) is 6.07 Å². The molecule has 0 saturated heterocycles. The van der Waals surface area contributed by atoms with Crippen molar-refractivity contribution in [2.45, 2.75) is 0 Å². The van der Waals surface area contributed by atoms with E-state index in [1.807, 2.05) is 6.07 Å². The minimum absolute atomic E-state index is 0.287. The van der Waals surface area contributed by atoms with Crippen LogP contribution in [-0.4, -0.2) is 10.1 Å². The monoisotopic (exact) mass is 325 g/mol. The smallest absolute Gasteiger partial charge is 0.176 e. The lowest BCUT2D eigenvalue weighted by Gasteiger charge is -2.10. The number of anilines is 2. The number of halogens is 2. The SMILES string of the molecule is Fc1cc(Br)ccc1NC(=S)Nc1ccccn1. The Bertz CT molecular complexity index is 563. The van der Waals surface area contributed by atoms with Gasteiger partial charge >= 0.3 is 0 Å². The van der Waals surface area contributed by atoms with Gasteiger partial charge in [-0.05, 0) is 42.5 Å². The molecule has 0 bridgehead atoms. The van der Waals surface area contributed by atoms with Crippen molar-refractivity contribution in [3.05, 3.63) is 52.9 Å². The number of nitrogens with one attached hydrogen (secondary N) is 2. The van der Waals surface area contributed by atoms with E-state index < -0.39 is 0 Å². The topological polar surface area (TPSA) is 37.0 Å². The van der Waals surface area contributed by atoms with E-state index in [4.69, 9.17) is 12.2 Å². The Hall–Kier alpha value is -1.53. The number of nitrogens with zero attached hydrogens (tertiary/aromatic N) is 1. The maximum absolute atomic E-state index is 13.6. The van der Waals surface area contributed by atoms with Crippen molar-refractivity contribution in [1.29, 1.82) is 0 Å². The third kappa shape index (κ3) is 3.48. The number of benzene rings is 1. The highest BCUT2D eigenvalue weighted by Crippen LogP contribution is 2.19. The second-order valence-electron chi connectivity index (χ2n) is 3.42. The van der Waals surface area contributed by atoms with Gasteiger partial charge in [-0.2, -0.15) is 0 Å². The van der Waals surface area contributed by atoms with Gasteiger partial charge in [-0.25, -0.2) is 9.37 Å². The maximum Gasteiger partial charge on any atom is 0.176 e. The fourth-order valence-electron chi connectivity index (χ4n) is 1.30. The molecule has 0 aliphatic heterocycles. The minimum atomic E-state index is -0.380. The van der Waals surface area contributed by atoms with E-state index in [-0.39, 0.29) is 10.9 Å². The summed E-state index contributed by atoms with van der Waals surface area (Å²) in [4.78, 5) is 4.06.